The molecule has 0 aromatic heterocycles. The Morgan fingerprint density at radius 1 is 1.24 bits per heavy atom. The average molecular weight is 438 g/mol. The first kappa shape index (κ1) is 25.5. The molecule has 0 spiro atoms. The van der Waals surface area contributed by atoms with Gasteiger partial charge in [0.1, 0.15) is 12.2 Å². The van der Waals surface area contributed by atoms with Crippen molar-refractivity contribution < 1.29 is 31.4 Å². The number of ether oxygens (including phenoxy) is 1. The highest BCUT2D eigenvalue weighted by Gasteiger charge is 2.30. The fourth-order valence-corrected chi connectivity index (χ4v) is 3.37. The van der Waals surface area contributed by atoms with Crippen molar-refractivity contribution >= 4 is 10.0 Å². The fourth-order valence-electron chi connectivity index (χ4n) is 2.41. The molecule has 0 saturated heterocycles. The van der Waals surface area contributed by atoms with Crippen molar-refractivity contribution in [2.75, 3.05) is 18.9 Å². The first-order valence-electron chi connectivity index (χ1n) is 9.34. The Morgan fingerprint density at radius 3 is 2.45 bits per heavy atom. The van der Waals surface area contributed by atoms with Gasteiger partial charge < -0.3 is 9.84 Å². The van der Waals surface area contributed by atoms with Crippen LogP contribution in [-0.4, -0.2) is 38.9 Å². The molecule has 1 aromatic carbocycles. The van der Waals surface area contributed by atoms with E-state index in [-0.39, 0.29) is 29.7 Å². The van der Waals surface area contributed by atoms with Gasteiger partial charge in [0.15, 0.2) is 11.6 Å². The minimum absolute atomic E-state index is 0.0445. The molecule has 0 amide bonds. The number of hydrogen-bond donors (Lipinski definition) is 2. The maximum atomic E-state index is 13.8. The van der Waals surface area contributed by atoms with Gasteiger partial charge in [0.2, 0.25) is 10.0 Å². The Labute approximate surface area is 171 Å². The maximum absolute atomic E-state index is 13.8. The number of nitrogens with one attached hydrogen (secondary N) is 1. The molecule has 0 aliphatic carbocycles. The predicted octanol–water partition coefficient (Wildman–Crippen LogP) is 3.98. The summed E-state index contributed by atoms with van der Waals surface area (Å²) in [6, 6.07) is 3.37. The van der Waals surface area contributed by atoms with Crippen molar-refractivity contribution in [3.05, 3.63) is 41.7 Å². The fraction of sp³-hybridized carbons (Fsp3) is 0.600. The van der Waals surface area contributed by atoms with Gasteiger partial charge in [0.05, 0.1) is 5.75 Å². The number of halogens is 3. The minimum atomic E-state index is -3.69. The van der Waals surface area contributed by atoms with Crippen LogP contribution in [0.3, 0.4) is 0 Å². The summed E-state index contributed by atoms with van der Waals surface area (Å²) < 4.78 is 69.9. The van der Waals surface area contributed by atoms with E-state index in [1.807, 2.05) is 20.8 Å². The zero-order valence-corrected chi connectivity index (χ0v) is 18.0. The third-order valence-electron chi connectivity index (χ3n) is 4.22. The summed E-state index contributed by atoms with van der Waals surface area (Å²) in [6.07, 6.45) is 1.39. The molecule has 0 aliphatic heterocycles. The highest BCUT2D eigenvalue weighted by Crippen LogP contribution is 2.29. The van der Waals surface area contributed by atoms with Gasteiger partial charge in [-0.25, -0.2) is 26.3 Å². The normalized spacial score (nSPS) is 15.1. The van der Waals surface area contributed by atoms with E-state index in [9.17, 15) is 26.7 Å². The Hall–Kier alpha value is -1.58. The number of rotatable bonds is 11. The van der Waals surface area contributed by atoms with E-state index in [1.54, 1.807) is 19.1 Å². The van der Waals surface area contributed by atoms with Crippen molar-refractivity contribution in [2.24, 2.45) is 5.41 Å². The van der Waals surface area contributed by atoms with Gasteiger partial charge in [0, 0.05) is 6.54 Å². The van der Waals surface area contributed by atoms with Crippen LogP contribution in [0.4, 0.5) is 13.2 Å². The van der Waals surface area contributed by atoms with Crippen molar-refractivity contribution in [1.82, 2.24) is 4.72 Å². The van der Waals surface area contributed by atoms with Gasteiger partial charge in [-0.1, -0.05) is 45.9 Å². The zero-order chi connectivity index (χ0) is 22.3. The molecule has 2 N–H and O–H groups in total. The number of sulfonamides is 1. The molecule has 5 nitrogen and oxygen atoms in total. The number of benzene rings is 1. The van der Waals surface area contributed by atoms with Gasteiger partial charge in [0.25, 0.3) is 6.43 Å². The molecule has 1 atom stereocenters. The van der Waals surface area contributed by atoms with E-state index in [0.717, 1.165) is 18.6 Å². The monoisotopic (exact) mass is 437 g/mol. The van der Waals surface area contributed by atoms with Crippen LogP contribution >= 0.6 is 0 Å². The second-order valence-corrected chi connectivity index (χ2v) is 9.92. The molecule has 0 bridgehead atoms. The Morgan fingerprint density at radius 2 is 1.90 bits per heavy atom. The lowest BCUT2D eigenvalue weighted by Gasteiger charge is -2.28. The molecule has 1 aromatic rings. The van der Waals surface area contributed by atoms with Crippen LogP contribution in [0.1, 0.15) is 46.1 Å². The van der Waals surface area contributed by atoms with Gasteiger partial charge in [-0.2, -0.15) is 0 Å². The largest absolute Gasteiger partial charge is 0.485 e. The molecule has 0 saturated carbocycles. The van der Waals surface area contributed by atoms with Gasteiger partial charge >= 0.3 is 0 Å². The molecule has 0 radical (unpaired) electrons. The molecular weight excluding hydrogens is 407 g/mol. The van der Waals surface area contributed by atoms with Crippen molar-refractivity contribution in [3.63, 3.8) is 0 Å². The van der Waals surface area contributed by atoms with Gasteiger partial charge in [-0.05, 0) is 36.0 Å². The van der Waals surface area contributed by atoms with E-state index < -0.39 is 40.2 Å². The summed E-state index contributed by atoms with van der Waals surface area (Å²) in [7, 11) is -3.69. The molecule has 166 valence electrons. The summed E-state index contributed by atoms with van der Waals surface area (Å²) in [5, 5.41) is 10.9. The summed E-state index contributed by atoms with van der Waals surface area (Å²) in [6.45, 7) is 6.40. The van der Waals surface area contributed by atoms with Crippen LogP contribution in [0.5, 0.6) is 5.75 Å². The lowest BCUT2D eigenvalue weighted by atomic mass is 9.91. The van der Waals surface area contributed by atoms with Crippen molar-refractivity contribution in [3.8, 4) is 5.75 Å². The van der Waals surface area contributed by atoms with E-state index in [1.165, 1.54) is 6.07 Å². The maximum Gasteiger partial charge on any atom is 0.272 e. The Balaban J connectivity index is 2.86. The van der Waals surface area contributed by atoms with Crippen LogP contribution in [0.25, 0.3) is 0 Å². The highest BCUT2D eigenvalue weighted by atomic mass is 32.2. The summed E-state index contributed by atoms with van der Waals surface area (Å²) >= 11 is 0. The molecule has 1 rings (SSSR count). The summed E-state index contributed by atoms with van der Waals surface area (Å²) in [5.74, 6) is -1.52. The van der Waals surface area contributed by atoms with Gasteiger partial charge in [-0.15, -0.1) is 0 Å². The quantitative estimate of drug-likeness (QED) is 0.514. The smallest absolute Gasteiger partial charge is 0.272 e. The summed E-state index contributed by atoms with van der Waals surface area (Å²) in [5.41, 5.74) is -1.45. The van der Waals surface area contributed by atoms with Gasteiger partial charge in [-0.3, -0.25) is 0 Å². The lowest BCUT2D eigenvalue weighted by Crippen LogP contribution is -2.41. The number of alkyl halides is 2. The third-order valence-corrected chi connectivity index (χ3v) is 5.43. The van der Waals surface area contributed by atoms with Crippen LogP contribution in [0.15, 0.2) is 30.4 Å². The summed E-state index contributed by atoms with van der Waals surface area (Å²) in [4.78, 5) is 0. The first-order valence-corrected chi connectivity index (χ1v) is 11.0. The molecule has 0 aliphatic rings. The molecule has 1 unspecified atom stereocenters. The molecule has 29 heavy (non-hydrogen) atoms. The van der Waals surface area contributed by atoms with Crippen molar-refractivity contribution in [1.29, 1.82) is 0 Å². The van der Waals surface area contributed by atoms with Crippen LogP contribution in [-0.2, 0) is 15.6 Å². The second-order valence-electron chi connectivity index (χ2n) is 8.07. The zero-order valence-electron chi connectivity index (χ0n) is 17.2. The van der Waals surface area contributed by atoms with E-state index in [0.29, 0.717) is 0 Å². The molecular formula is C20H30F3NO4S. The Kier molecular flexibility index (Phi) is 9.17. The highest BCUT2D eigenvalue weighted by molar-refractivity contribution is 7.89. The molecule has 9 heteroatoms. The average Bonchev–Trinajstić information content (AvgIpc) is 2.62. The van der Waals surface area contributed by atoms with Crippen molar-refractivity contribution in [2.45, 2.75) is 52.6 Å². The van der Waals surface area contributed by atoms with E-state index >= 15 is 0 Å². The molecule has 0 fully saturated rings. The van der Waals surface area contributed by atoms with Crippen LogP contribution in [0.2, 0.25) is 0 Å². The van der Waals surface area contributed by atoms with Crippen LogP contribution < -0.4 is 9.46 Å². The topological polar surface area (TPSA) is 75.6 Å². The van der Waals surface area contributed by atoms with Crippen LogP contribution in [0, 0.1) is 11.2 Å². The number of hydrogen-bond acceptors (Lipinski definition) is 4. The predicted molar refractivity (Wildman–Crippen MR) is 107 cm³/mol. The number of aliphatic hydroxyl groups is 1. The SMILES string of the molecule is CCC(O)(CNS(=O)(=O)CC=CCC(C)(C)C)c1ccc(F)c(OCC(F)F)c1. The number of allylic oxidation sites excluding steroid dienone is 1. The standard InChI is InChI=1S/C20H30F3NO4S/c1-5-20(25,14-24-29(26,27)11-7-6-10-19(2,3)4)15-8-9-16(21)17(12-15)28-13-18(22)23/h6-9,12,18,24-25H,5,10-11,13-14H2,1-4H3. The lowest BCUT2D eigenvalue weighted by molar-refractivity contribution is 0.0373. The molecule has 0 heterocycles. The van der Waals surface area contributed by atoms with E-state index in [2.05, 4.69) is 4.72 Å². The van der Waals surface area contributed by atoms with E-state index in [4.69, 9.17) is 4.74 Å². The minimum Gasteiger partial charge on any atom is -0.485 e. The Bertz CT molecular complexity index is 791. The first-order chi connectivity index (χ1) is 13.3. The second kappa shape index (κ2) is 10.4. The third kappa shape index (κ3) is 9.18.